The van der Waals surface area contributed by atoms with Crippen molar-refractivity contribution in [3.63, 3.8) is 0 Å². The zero-order chi connectivity index (χ0) is 25.3. The van der Waals surface area contributed by atoms with E-state index in [-0.39, 0.29) is 35.7 Å². The third-order valence-corrected chi connectivity index (χ3v) is 7.96. The highest BCUT2D eigenvalue weighted by atomic mass is 32.2. The molecule has 2 atom stereocenters. The van der Waals surface area contributed by atoms with Gasteiger partial charge in [-0.2, -0.15) is 0 Å². The first kappa shape index (κ1) is 27.5. The van der Waals surface area contributed by atoms with E-state index in [9.17, 15) is 18.0 Å². The number of hydrogen-bond donors (Lipinski definition) is 1. The Hall–Kier alpha value is -2.71. The smallest absolute Gasteiger partial charge is 0.242 e. The Kier molecular flexibility index (Phi) is 10.3. The number of hydrogen-bond acceptors (Lipinski definition) is 4. The fourth-order valence-electron chi connectivity index (χ4n) is 3.51. The van der Waals surface area contributed by atoms with E-state index < -0.39 is 16.1 Å². The van der Waals surface area contributed by atoms with Crippen molar-refractivity contribution in [1.29, 1.82) is 0 Å². The van der Waals surface area contributed by atoms with Crippen LogP contribution in [-0.2, 0) is 26.2 Å². The van der Waals surface area contributed by atoms with Gasteiger partial charge in [-0.3, -0.25) is 9.59 Å². The number of carbonyl (C=O) groups is 2. The van der Waals surface area contributed by atoms with E-state index in [0.29, 0.717) is 13.0 Å². The summed E-state index contributed by atoms with van der Waals surface area (Å²) in [5.74, 6) is -0.374. The van der Waals surface area contributed by atoms with E-state index in [0.717, 1.165) is 17.5 Å². The van der Waals surface area contributed by atoms with Crippen LogP contribution < -0.4 is 5.32 Å². The Labute approximate surface area is 204 Å². The van der Waals surface area contributed by atoms with Gasteiger partial charge < -0.3 is 10.2 Å². The first-order chi connectivity index (χ1) is 16.1. The molecule has 2 rings (SSSR count). The van der Waals surface area contributed by atoms with Crippen LogP contribution in [0.2, 0.25) is 0 Å². The van der Waals surface area contributed by atoms with Crippen LogP contribution in [-0.4, -0.2) is 55.1 Å². The molecule has 0 aromatic heterocycles. The molecule has 0 aliphatic carbocycles. The highest BCUT2D eigenvalue weighted by Gasteiger charge is 2.27. The molecular formula is C26H37N3O4S. The summed E-state index contributed by atoms with van der Waals surface area (Å²) in [7, 11) is -2.10. The highest BCUT2D eigenvalue weighted by molar-refractivity contribution is 7.89. The van der Waals surface area contributed by atoms with E-state index >= 15 is 0 Å². The van der Waals surface area contributed by atoms with Crippen LogP contribution in [0.25, 0.3) is 0 Å². The zero-order valence-corrected chi connectivity index (χ0v) is 21.6. The molecule has 0 fully saturated rings. The third kappa shape index (κ3) is 7.40. The number of aryl methyl sites for hydroxylation is 1. The van der Waals surface area contributed by atoms with Crippen molar-refractivity contribution in [3.8, 4) is 0 Å². The summed E-state index contributed by atoms with van der Waals surface area (Å²) >= 11 is 0. The molecule has 34 heavy (non-hydrogen) atoms. The fourth-order valence-corrected chi connectivity index (χ4v) is 4.74. The lowest BCUT2D eigenvalue weighted by molar-refractivity contribution is -0.141. The summed E-state index contributed by atoms with van der Waals surface area (Å²) in [4.78, 5) is 27.9. The summed E-state index contributed by atoms with van der Waals surface area (Å²) in [6, 6.07) is 15.4. The predicted octanol–water partition coefficient (Wildman–Crippen LogP) is 3.73. The summed E-state index contributed by atoms with van der Waals surface area (Å²) in [6.45, 7) is 8.16. The average molecular weight is 488 g/mol. The molecule has 0 bridgehead atoms. The molecule has 0 aliphatic heterocycles. The van der Waals surface area contributed by atoms with E-state index in [4.69, 9.17) is 0 Å². The summed E-state index contributed by atoms with van der Waals surface area (Å²) in [5, 5.41) is 2.96. The van der Waals surface area contributed by atoms with Gasteiger partial charge in [0.25, 0.3) is 0 Å². The Morgan fingerprint density at radius 3 is 2.24 bits per heavy atom. The molecule has 0 heterocycles. The normalized spacial score (nSPS) is 13.4. The maximum Gasteiger partial charge on any atom is 0.242 e. The second kappa shape index (κ2) is 12.7. The Morgan fingerprint density at radius 1 is 1.00 bits per heavy atom. The van der Waals surface area contributed by atoms with Gasteiger partial charge in [0, 0.05) is 32.6 Å². The van der Waals surface area contributed by atoms with Crippen LogP contribution >= 0.6 is 0 Å². The molecule has 0 unspecified atom stereocenters. The summed E-state index contributed by atoms with van der Waals surface area (Å²) in [6.07, 6.45) is 1.29. The van der Waals surface area contributed by atoms with Crippen molar-refractivity contribution < 1.29 is 18.0 Å². The van der Waals surface area contributed by atoms with E-state index in [1.54, 1.807) is 42.2 Å². The predicted molar refractivity (Wildman–Crippen MR) is 135 cm³/mol. The van der Waals surface area contributed by atoms with Crippen LogP contribution in [0.5, 0.6) is 0 Å². The Balaban J connectivity index is 2.10. The molecule has 0 radical (unpaired) electrons. The minimum Gasteiger partial charge on any atom is -0.352 e. The summed E-state index contributed by atoms with van der Waals surface area (Å²) in [5.41, 5.74) is 2.02. The second-order valence-electron chi connectivity index (χ2n) is 8.69. The van der Waals surface area contributed by atoms with Crippen molar-refractivity contribution in [2.24, 2.45) is 0 Å². The van der Waals surface area contributed by atoms with Crippen LogP contribution in [0.3, 0.4) is 0 Å². The molecule has 7 nitrogen and oxygen atoms in total. The number of amides is 2. The van der Waals surface area contributed by atoms with Gasteiger partial charge >= 0.3 is 0 Å². The van der Waals surface area contributed by atoms with E-state index in [2.05, 4.69) is 5.32 Å². The molecule has 186 valence electrons. The number of sulfonamides is 1. The van der Waals surface area contributed by atoms with Crippen molar-refractivity contribution in [2.45, 2.75) is 70.5 Å². The quantitative estimate of drug-likeness (QED) is 0.494. The molecule has 0 saturated carbocycles. The van der Waals surface area contributed by atoms with Gasteiger partial charge in [-0.05, 0) is 56.9 Å². The number of benzene rings is 2. The molecular weight excluding hydrogens is 450 g/mol. The monoisotopic (exact) mass is 487 g/mol. The van der Waals surface area contributed by atoms with Crippen LogP contribution in [0.1, 0.15) is 51.2 Å². The zero-order valence-electron chi connectivity index (χ0n) is 20.8. The Bertz CT molecular complexity index is 1060. The lowest BCUT2D eigenvalue weighted by atomic mass is 10.1. The molecule has 0 aliphatic rings. The van der Waals surface area contributed by atoms with Gasteiger partial charge in [-0.1, -0.05) is 49.4 Å². The van der Waals surface area contributed by atoms with E-state index in [1.807, 2.05) is 45.0 Å². The number of rotatable bonds is 12. The van der Waals surface area contributed by atoms with Crippen molar-refractivity contribution in [3.05, 3.63) is 65.7 Å². The van der Waals surface area contributed by atoms with Crippen molar-refractivity contribution in [1.82, 2.24) is 14.5 Å². The van der Waals surface area contributed by atoms with Crippen molar-refractivity contribution >= 4 is 21.8 Å². The molecule has 0 spiro atoms. The van der Waals surface area contributed by atoms with Crippen LogP contribution in [0.4, 0.5) is 0 Å². The molecule has 2 aromatic carbocycles. The lowest BCUT2D eigenvalue weighted by Gasteiger charge is -2.30. The minimum atomic E-state index is -3.61. The van der Waals surface area contributed by atoms with Gasteiger partial charge in [-0.15, -0.1) is 0 Å². The minimum absolute atomic E-state index is 0.0159. The molecule has 8 heteroatoms. The first-order valence-corrected chi connectivity index (χ1v) is 13.2. The van der Waals surface area contributed by atoms with Crippen LogP contribution in [0.15, 0.2) is 59.5 Å². The third-order valence-electron chi connectivity index (χ3n) is 6.09. The lowest BCUT2D eigenvalue weighted by Crippen LogP contribution is -2.49. The van der Waals surface area contributed by atoms with Gasteiger partial charge in [0.1, 0.15) is 6.04 Å². The Morgan fingerprint density at radius 2 is 1.62 bits per heavy atom. The summed E-state index contributed by atoms with van der Waals surface area (Å²) < 4.78 is 26.7. The van der Waals surface area contributed by atoms with Gasteiger partial charge in [-0.25, -0.2) is 12.7 Å². The van der Waals surface area contributed by atoms with Gasteiger partial charge in [0.05, 0.1) is 4.90 Å². The first-order valence-electron chi connectivity index (χ1n) is 11.7. The molecule has 0 saturated heterocycles. The van der Waals surface area contributed by atoms with Crippen molar-refractivity contribution in [2.75, 3.05) is 13.6 Å². The maximum absolute atomic E-state index is 13.2. The standard InChI is InChI=1S/C26H37N3O4S/c1-6-21(3)27-26(31)22(4)29(19-23-14-11-10-13-20(23)2)25(30)17-12-18-28(5)34(32,33)24-15-8-7-9-16-24/h7-11,13-16,21-22H,6,12,17-19H2,1-5H3,(H,27,31)/t21-,22-/m1/s1. The second-order valence-corrected chi connectivity index (χ2v) is 10.7. The van der Waals surface area contributed by atoms with Crippen LogP contribution in [0, 0.1) is 6.92 Å². The molecule has 1 N–H and O–H groups in total. The molecule has 2 aromatic rings. The topological polar surface area (TPSA) is 86.8 Å². The maximum atomic E-state index is 13.2. The SMILES string of the molecule is CC[C@@H](C)NC(=O)[C@@H](C)N(Cc1ccccc1C)C(=O)CCCN(C)S(=O)(=O)c1ccccc1. The fraction of sp³-hybridized carbons (Fsp3) is 0.462. The number of nitrogens with zero attached hydrogens (tertiary/aromatic N) is 2. The number of carbonyl (C=O) groups excluding carboxylic acids is 2. The van der Waals surface area contributed by atoms with Gasteiger partial charge in [0.2, 0.25) is 21.8 Å². The highest BCUT2D eigenvalue weighted by Crippen LogP contribution is 2.17. The van der Waals surface area contributed by atoms with Gasteiger partial charge in [0.15, 0.2) is 0 Å². The largest absolute Gasteiger partial charge is 0.352 e. The molecule has 2 amide bonds. The van der Waals surface area contributed by atoms with E-state index in [1.165, 1.54) is 11.4 Å². The number of nitrogens with one attached hydrogen (secondary N) is 1. The average Bonchev–Trinajstić information content (AvgIpc) is 2.83.